The van der Waals surface area contributed by atoms with Gasteiger partial charge in [0.05, 0.1) is 12.7 Å². The number of hydrogen-bond donors (Lipinski definition) is 0. The van der Waals surface area contributed by atoms with Crippen molar-refractivity contribution in [2.75, 3.05) is 26.2 Å². The van der Waals surface area contributed by atoms with Crippen LogP contribution in [0.1, 0.15) is 26.2 Å². The molecule has 3 heterocycles. The van der Waals surface area contributed by atoms with E-state index in [1.807, 2.05) is 12.1 Å². The van der Waals surface area contributed by atoms with Gasteiger partial charge in [-0.25, -0.2) is 0 Å². The monoisotopic (exact) mass is 325 g/mol. The predicted octanol–water partition coefficient (Wildman–Crippen LogP) is 1.51. The summed E-state index contributed by atoms with van der Waals surface area (Å²) in [5.74, 6) is 1.13. The third-order valence-corrected chi connectivity index (χ3v) is 6.29. The molecule has 1 aromatic heterocycles. The second kappa shape index (κ2) is 6.52. The van der Waals surface area contributed by atoms with E-state index in [1.54, 1.807) is 21.0 Å². The van der Waals surface area contributed by atoms with Crippen LogP contribution >= 0.6 is 0 Å². The number of ether oxygens (including phenoxy) is 1. The van der Waals surface area contributed by atoms with Crippen LogP contribution in [0.25, 0.3) is 0 Å². The molecule has 6 nitrogen and oxygen atoms in total. The van der Waals surface area contributed by atoms with Gasteiger partial charge in [-0.1, -0.05) is 6.92 Å². The van der Waals surface area contributed by atoms with Crippen molar-refractivity contribution in [1.82, 2.24) is 13.6 Å². The van der Waals surface area contributed by atoms with E-state index in [4.69, 9.17) is 4.74 Å². The lowest BCUT2D eigenvalue weighted by Gasteiger charge is -2.33. The highest BCUT2D eigenvalue weighted by Crippen LogP contribution is 2.25. The molecule has 0 radical (unpaired) electrons. The number of hydrogen-bond acceptors (Lipinski definition) is 4. The van der Waals surface area contributed by atoms with Crippen molar-refractivity contribution in [1.29, 1.82) is 0 Å². The van der Waals surface area contributed by atoms with E-state index < -0.39 is 10.2 Å². The summed E-state index contributed by atoms with van der Waals surface area (Å²) in [4.78, 5) is 4.01. The molecule has 0 aromatic carbocycles. The third kappa shape index (κ3) is 3.42. The van der Waals surface area contributed by atoms with Gasteiger partial charge in [-0.05, 0) is 37.3 Å². The number of aromatic nitrogens is 1. The number of pyridine rings is 1. The average Bonchev–Trinajstić information content (AvgIpc) is 2.97. The molecule has 2 unspecified atom stereocenters. The summed E-state index contributed by atoms with van der Waals surface area (Å²) in [7, 11) is -3.35. The maximum Gasteiger partial charge on any atom is 0.282 e. The fourth-order valence-corrected chi connectivity index (χ4v) is 4.95. The summed E-state index contributed by atoms with van der Waals surface area (Å²) in [5.41, 5.74) is 0. The first-order valence-corrected chi connectivity index (χ1v) is 9.27. The summed E-state index contributed by atoms with van der Waals surface area (Å²) >= 11 is 0. The Hall–Kier alpha value is -1.18. The van der Waals surface area contributed by atoms with Crippen LogP contribution in [-0.2, 0) is 10.2 Å². The molecule has 0 saturated carbocycles. The van der Waals surface area contributed by atoms with Gasteiger partial charge >= 0.3 is 0 Å². The molecular weight excluding hydrogens is 302 g/mol. The van der Waals surface area contributed by atoms with Crippen LogP contribution in [0.2, 0.25) is 0 Å². The summed E-state index contributed by atoms with van der Waals surface area (Å²) < 4.78 is 34.4. The highest BCUT2D eigenvalue weighted by molar-refractivity contribution is 7.86. The highest BCUT2D eigenvalue weighted by Gasteiger charge is 2.37. The molecule has 22 heavy (non-hydrogen) atoms. The van der Waals surface area contributed by atoms with Gasteiger partial charge in [0.1, 0.15) is 11.9 Å². The summed E-state index contributed by atoms with van der Waals surface area (Å²) in [5, 5.41) is 0. The maximum atomic E-state index is 12.7. The second-order valence-corrected chi connectivity index (χ2v) is 8.12. The lowest BCUT2D eigenvalue weighted by Crippen LogP contribution is -2.47. The minimum Gasteiger partial charge on any atom is -0.487 e. The quantitative estimate of drug-likeness (QED) is 0.842. The van der Waals surface area contributed by atoms with Gasteiger partial charge in [0.15, 0.2) is 0 Å². The smallest absolute Gasteiger partial charge is 0.282 e. The Balaban J connectivity index is 1.61. The molecule has 122 valence electrons. The van der Waals surface area contributed by atoms with E-state index >= 15 is 0 Å². The van der Waals surface area contributed by atoms with E-state index in [0.29, 0.717) is 37.8 Å². The number of rotatable bonds is 4. The molecule has 0 bridgehead atoms. The molecule has 0 aliphatic carbocycles. The first-order chi connectivity index (χ1) is 10.6. The fourth-order valence-electron chi connectivity index (χ4n) is 3.13. The highest BCUT2D eigenvalue weighted by atomic mass is 32.2. The minimum atomic E-state index is -3.35. The topological polar surface area (TPSA) is 62.7 Å². The van der Waals surface area contributed by atoms with Crippen molar-refractivity contribution in [2.45, 2.75) is 32.3 Å². The molecule has 2 aliphatic rings. The van der Waals surface area contributed by atoms with Crippen molar-refractivity contribution in [3.63, 3.8) is 0 Å². The van der Waals surface area contributed by atoms with Crippen LogP contribution in [0.15, 0.2) is 24.5 Å². The summed E-state index contributed by atoms with van der Waals surface area (Å²) in [6.45, 7) is 4.32. The Morgan fingerprint density at radius 1 is 1.23 bits per heavy atom. The first kappa shape index (κ1) is 15.7. The van der Waals surface area contributed by atoms with E-state index in [1.165, 1.54) is 0 Å². The van der Waals surface area contributed by atoms with Crippen LogP contribution in [-0.4, -0.2) is 54.3 Å². The molecular formula is C15H23N3O3S. The molecule has 0 amide bonds. The predicted molar refractivity (Wildman–Crippen MR) is 83.7 cm³/mol. The van der Waals surface area contributed by atoms with Crippen molar-refractivity contribution < 1.29 is 13.2 Å². The molecule has 1 aromatic rings. The number of nitrogens with zero attached hydrogens (tertiary/aromatic N) is 3. The van der Waals surface area contributed by atoms with Gasteiger partial charge < -0.3 is 4.74 Å². The van der Waals surface area contributed by atoms with Gasteiger partial charge in [-0.2, -0.15) is 17.0 Å². The molecule has 0 N–H and O–H groups in total. The molecule has 2 saturated heterocycles. The molecule has 2 aliphatic heterocycles. The van der Waals surface area contributed by atoms with Gasteiger partial charge in [0.25, 0.3) is 10.2 Å². The van der Waals surface area contributed by atoms with Crippen molar-refractivity contribution in [3.8, 4) is 5.75 Å². The van der Waals surface area contributed by atoms with Gasteiger partial charge in [-0.15, -0.1) is 0 Å². The third-order valence-electron chi connectivity index (χ3n) is 4.32. The van der Waals surface area contributed by atoms with E-state index in [-0.39, 0.29) is 6.10 Å². The van der Waals surface area contributed by atoms with Crippen LogP contribution in [0.4, 0.5) is 0 Å². The molecule has 2 atom stereocenters. The van der Waals surface area contributed by atoms with E-state index in [0.717, 1.165) is 19.3 Å². The lowest BCUT2D eigenvalue weighted by molar-refractivity contribution is 0.210. The van der Waals surface area contributed by atoms with E-state index in [9.17, 15) is 8.42 Å². The standard InChI is InChI=1S/C15H23N3O3S/c1-13-4-3-8-17(11-13)22(19,20)18-9-6-15(12-18)21-14-5-2-7-16-10-14/h2,5,7,10,13,15H,3-4,6,8-9,11-12H2,1H3. The Morgan fingerprint density at radius 2 is 2.05 bits per heavy atom. The summed E-state index contributed by atoms with van der Waals surface area (Å²) in [6.07, 6.45) is 6.03. The molecule has 2 fully saturated rings. The minimum absolute atomic E-state index is 0.0961. The zero-order chi connectivity index (χ0) is 15.6. The summed E-state index contributed by atoms with van der Waals surface area (Å²) in [6, 6.07) is 3.66. The fraction of sp³-hybridized carbons (Fsp3) is 0.667. The van der Waals surface area contributed by atoms with E-state index in [2.05, 4.69) is 11.9 Å². The van der Waals surface area contributed by atoms with Gasteiger partial charge in [0, 0.05) is 25.8 Å². The normalized spacial score (nSPS) is 27.9. The van der Waals surface area contributed by atoms with Gasteiger partial charge in [-0.3, -0.25) is 4.98 Å². The number of piperidine rings is 1. The van der Waals surface area contributed by atoms with Crippen molar-refractivity contribution >= 4 is 10.2 Å². The molecule has 0 spiro atoms. The van der Waals surface area contributed by atoms with Crippen LogP contribution < -0.4 is 4.74 Å². The Morgan fingerprint density at radius 3 is 2.77 bits per heavy atom. The van der Waals surface area contributed by atoms with Crippen molar-refractivity contribution in [3.05, 3.63) is 24.5 Å². The van der Waals surface area contributed by atoms with Crippen LogP contribution in [0.5, 0.6) is 5.75 Å². The molecule has 3 rings (SSSR count). The Labute approximate surface area is 132 Å². The average molecular weight is 325 g/mol. The first-order valence-electron chi connectivity index (χ1n) is 7.87. The van der Waals surface area contributed by atoms with Crippen molar-refractivity contribution in [2.24, 2.45) is 5.92 Å². The Bertz CT molecular complexity index is 593. The van der Waals surface area contributed by atoms with Gasteiger partial charge in [0.2, 0.25) is 0 Å². The SMILES string of the molecule is CC1CCCN(S(=O)(=O)N2CCC(Oc3cccnc3)C2)C1. The lowest BCUT2D eigenvalue weighted by atomic mass is 10.0. The zero-order valence-electron chi connectivity index (χ0n) is 12.9. The largest absolute Gasteiger partial charge is 0.487 e. The Kier molecular flexibility index (Phi) is 4.65. The zero-order valence-corrected chi connectivity index (χ0v) is 13.7. The second-order valence-electron chi connectivity index (χ2n) is 6.19. The van der Waals surface area contributed by atoms with Crippen LogP contribution in [0, 0.1) is 5.92 Å². The van der Waals surface area contributed by atoms with Crippen LogP contribution in [0.3, 0.4) is 0 Å². The maximum absolute atomic E-state index is 12.7. The molecule has 7 heteroatoms.